The zero-order chi connectivity index (χ0) is 20.8. The van der Waals surface area contributed by atoms with E-state index in [0.717, 1.165) is 69.3 Å². The van der Waals surface area contributed by atoms with Gasteiger partial charge in [-0.15, -0.1) is 5.10 Å². The monoisotopic (exact) mass is 411 g/mol. The second-order valence-corrected chi connectivity index (χ2v) is 8.73. The first kappa shape index (κ1) is 20.9. The number of likely N-dealkylation sites (tertiary alicyclic amines) is 2. The van der Waals surface area contributed by atoms with E-state index in [0.29, 0.717) is 13.0 Å². The zero-order valence-electron chi connectivity index (χ0n) is 18.0. The second kappa shape index (κ2) is 10.1. The molecule has 4 rings (SSSR count). The lowest BCUT2D eigenvalue weighted by atomic mass is 9.98. The Morgan fingerprint density at radius 3 is 2.80 bits per heavy atom. The summed E-state index contributed by atoms with van der Waals surface area (Å²) in [4.78, 5) is 21.9. The summed E-state index contributed by atoms with van der Waals surface area (Å²) in [5.74, 6) is 1.93. The Morgan fingerprint density at radius 1 is 1.13 bits per heavy atom. The summed E-state index contributed by atoms with van der Waals surface area (Å²) >= 11 is 0. The maximum absolute atomic E-state index is 13.0. The van der Waals surface area contributed by atoms with Crippen LogP contribution in [0.2, 0.25) is 0 Å². The van der Waals surface area contributed by atoms with Gasteiger partial charge in [0.25, 0.3) is 0 Å². The summed E-state index contributed by atoms with van der Waals surface area (Å²) in [5.41, 5.74) is 1.00. The highest BCUT2D eigenvalue weighted by Crippen LogP contribution is 2.30. The van der Waals surface area contributed by atoms with Gasteiger partial charge in [-0.25, -0.2) is 4.68 Å². The first-order valence-electron chi connectivity index (χ1n) is 11.4. The Morgan fingerprint density at radius 2 is 2.00 bits per heavy atom. The molecular formula is C22H33N7O. The molecule has 30 heavy (non-hydrogen) atoms. The Kier molecular flexibility index (Phi) is 7.04. The van der Waals surface area contributed by atoms with Gasteiger partial charge in [-0.05, 0) is 80.1 Å². The van der Waals surface area contributed by atoms with Crippen molar-refractivity contribution in [2.24, 2.45) is 5.92 Å². The van der Waals surface area contributed by atoms with Gasteiger partial charge in [-0.3, -0.25) is 14.7 Å². The number of pyridine rings is 1. The largest absolute Gasteiger partial charge is 0.334 e. The molecule has 0 aromatic carbocycles. The number of tetrazole rings is 1. The van der Waals surface area contributed by atoms with E-state index in [4.69, 9.17) is 0 Å². The van der Waals surface area contributed by atoms with Crippen molar-refractivity contribution in [1.82, 2.24) is 35.0 Å². The highest BCUT2D eigenvalue weighted by Gasteiger charge is 2.28. The molecular weight excluding hydrogens is 378 g/mol. The molecule has 8 nitrogen and oxygen atoms in total. The predicted molar refractivity (Wildman–Crippen MR) is 113 cm³/mol. The van der Waals surface area contributed by atoms with E-state index < -0.39 is 0 Å². The summed E-state index contributed by atoms with van der Waals surface area (Å²) < 4.78 is 1.87. The first-order valence-corrected chi connectivity index (χ1v) is 11.4. The molecule has 0 spiro atoms. The Balaban J connectivity index is 1.29. The third-order valence-corrected chi connectivity index (χ3v) is 6.46. The standard InChI is InChI=1S/C22H33N7O/c1-18-10-15-27(16-11-18)17-21-24-25-26-29(21)14-6-9-22(30)28-13-5-3-8-20(28)19-7-2-4-12-23-19/h2,4,7,12,18,20H,3,5-6,8-11,13-17H2,1H3. The average Bonchev–Trinajstić information content (AvgIpc) is 3.22. The maximum Gasteiger partial charge on any atom is 0.223 e. The van der Waals surface area contributed by atoms with E-state index in [1.165, 1.54) is 12.8 Å². The van der Waals surface area contributed by atoms with Gasteiger partial charge in [-0.1, -0.05) is 13.0 Å². The number of hydrogen-bond donors (Lipinski definition) is 0. The molecule has 8 heteroatoms. The second-order valence-electron chi connectivity index (χ2n) is 8.73. The average molecular weight is 412 g/mol. The van der Waals surface area contributed by atoms with Crippen LogP contribution in [0.5, 0.6) is 0 Å². The van der Waals surface area contributed by atoms with Crippen LogP contribution in [0, 0.1) is 5.92 Å². The molecule has 2 aromatic heterocycles. The molecule has 1 atom stereocenters. The third-order valence-electron chi connectivity index (χ3n) is 6.46. The van der Waals surface area contributed by atoms with Gasteiger partial charge in [0.15, 0.2) is 5.82 Å². The maximum atomic E-state index is 13.0. The van der Waals surface area contributed by atoms with Crippen LogP contribution in [0.3, 0.4) is 0 Å². The summed E-state index contributed by atoms with van der Waals surface area (Å²) in [5, 5.41) is 12.3. The van der Waals surface area contributed by atoms with Crippen molar-refractivity contribution in [1.29, 1.82) is 0 Å². The molecule has 2 aliphatic rings. The minimum atomic E-state index is 0.109. The number of amides is 1. The summed E-state index contributed by atoms with van der Waals surface area (Å²) in [6.45, 7) is 6.83. The molecule has 1 unspecified atom stereocenters. The highest BCUT2D eigenvalue weighted by atomic mass is 16.2. The van der Waals surface area contributed by atoms with E-state index in [-0.39, 0.29) is 11.9 Å². The lowest BCUT2D eigenvalue weighted by Crippen LogP contribution is -2.38. The fourth-order valence-electron chi connectivity index (χ4n) is 4.56. The third kappa shape index (κ3) is 5.22. The minimum absolute atomic E-state index is 0.109. The number of piperidine rings is 2. The molecule has 1 amide bonds. The molecule has 2 saturated heterocycles. The van der Waals surface area contributed by atoms with Crippen molar-refractivity contribution >= 4 is 5.91 Å². The Labute approximate surface area is 178 Å². The van der Waals surface area contributed by atoms with Crippen molar-refractivity contribution in [2.45, 2.75) is 71.0 Å². The van der Waals surface area contributed by atoms with Gasteiger partial charge in [0, 0.05) is 25.7 Å². The molecule has 4 heterocycles. The van der Waals surface area contributed by atoms with E-state index >= 15 is 0 Å². The van der Waals surface area contributed by atoms with Gasteiger partial charge < -0.3 is 4.90 Å². The van der Waals surface area contributed by atoms with Crippen LogP contribution < -0.4 is 0 Å². The smallest absolute Gasteiger partial charge is 0.223 e. The molecule has 0 N–H and O–H groups in total. The van der Waals surface area contributed by atoms with Crippen LogP contribution in [0.4, 0.5) is 0 Å². The molecule has 2 fully saturated rings. The predicted octanol–water partition coefficient (Wildman–Crippen LogP) is 2.83. The summed E-state index contributed by atoms with van der Waals surface area (Å²) in [7, 11) is 0. The quantitative estimate of drug-likeness (QED) is 0.697. The molecule has 2 aromatic rings. The number of hydrogen-bond acceptors (Lipinski definition) is 6. The number of carbonyl (C=O) groups excluding carboxylic acids is 1. The van der Waals surface area contributed by atoms with Crippen LogP contribution in [0.15, 0.2) is 24.4 Å². The molecule has 0 bridgehead atoms. The van der Waals surface area contributed by atoms with E-state index in [9.17, 15) is 4.79 Å². The van der Waals surface area contributed by atoms with Crippen LogP contribution >= 0.6 is 0 Å². The fourth-order valence-corrected chi connectivity index (χ4v) is 4.56. The van der Waals surface area contributed by atoms with E-state index in [1.54, 1.807) is 0 Å². The molecule has 0 radical (unpaired) electrons. The van der Waals surface area contributed by atoms with Gasteiger partial charge in [0.05, 0.1) is 18.3 Å². The molecule has 2 aliphatic heterocycles. The van der Waals surface area contributed by atoms with Crippen LogP contribution in [-0.4, -0.2) is 60.5 Å². The van der Waals surface area contributed by atoms with Gasteiger partial charge in [0.1, 0.15) is 0 Å². The van der Waals surface area contributed by atoms with Gasteiger partial charge in [-0.2, -0.15) is 0 Å². The number of aromatic nitrogens is 5. The minimum Gasteiger partial charge on any atom is -0.334 e. The van der Waals surface area contributed by atoms with Crippen molar-refractivity contribution in [2.75, 3.05) is 19.6 Å². The summed E-state index contributed by atoms with van der Waals surface area (Å²) in [6.07, 6.45) is 8.77. The Hall–Kier alpha value is -2.35. The van der Waals surface area contributed by atoms with Crippen molar-refractivity contribution in [3.63, 3.8) is 0 Å². The first-order chi connectivity index (χ1) is 14.7. The highest BCUT2D eigenvalue weighted by molar-refractivity contribution is 5.76. The van der Waals surface area contributed by atoms with Gasteiger partial charge >= 0.3 is 0 Å². The molecule has 162 valence electrons. The van der Waals surface area contributed by atoms with Gasteiger partial charge in [0.2, 0.25) is 5.91 Å². The van der Waals surface area contributed by atoms with Crippen LogP contribution in [-0.2, 0) is 17.9 Å². The molecule has 0 saturated carbocycles. The van der Waals surface area contributed by atoms with E-state index in [2.05, 4.69) is 32.3 Å². The van der Waals surface area contributed by atoms with Crippen molar-refractivity contribution in [3.05, 3.63) is 35.9 Å². The normalized spacial score (nSPS) is 21.1. The number of nitrogens with zero attached hydrogens (tertiary/aromatic N) is 7. The van der Waals surface area contributed by atoms with Crippen molar-refractivity contribution in [3.8, 4) is 0 Å². The van der Waals surface area contributed by atoms with Crippen LogP contribution in [0.25, 0.3) is 0 Å². The number of carbonyl (C=O) groups is 1. The topological polar surface area (TPSA) is 80.0 Å². The SMILES string of the molecule is CC1CCN(Cc2nnnn2CCCC(=O)N2CCCCC2c2ccccn2)CC1. The fraction of sp³-hybridized carbons (Fsp3) is 0.682. The number of rotatable bonds is 7. The van der Waals surface area contributed by atoms with E-state index in [1.807, 2.05) is 34.0 Å². The zero-order valence-corrected chi connectivity index (χ0v) is 18.0. The number of aryl methyl sites for hydroxylation is 1. The van der Waals surface area contributed by atoms with Crippen LogP contribution in [0.1, 0.15) is 69.4 Å². The van der Waals surface area contributed by atoms with Crippen molar-refractivity contribution < 1.29 is 4.79 Å². The lowest BCUT2D eigenvalue weighted by Gasteiger charge is -2.35. The molecule has 0 aliphatic carbocycles. The summed E-state index contributed by atoms with van der Waals surface area (Å²) in [6, 6.07) is 6.07. The lowest BCUT2D eigenvalue weighted by molar-refractivity contribution is -0.135. The Bertz CT molecular complexity index is 801.